The Kier molecular flexibility index (Phi) is 10.0. The molecule has 2 aliphatic rings. The molecule has 3 heterocycles. The zero-order valence-corrected chi connectivity index (χ0v) is 27.6. The zero-order valence-electron chi connectivity index (χ0n) is 27.6. The van der Waals surface area contributed by atoms with E-state index >= 15 is 13.2 Å². The molecule has 50 heavy (non-hydrogen) atoms. The lowest BCUT2D eigenvalue weighted by Crippen LogP contribution is -2.49. The summed E-state index contributed by atoms with van der Waals surface area (Å²) in [4.78, 5) is 35.5. The zero-order chi connectivity index (χ0) is 35.6. The van der Waals surface area contributed by atoms with Gasteiger partial charge in [0.25, 0.3) is 5.91 Å². The number of nitrogens with one attached hydrogen (secondary N) is 1. The van der Waals surface area contributed by atoms with Gasteiger partial charge < -0.3 is 25.2 Å². The maximum absolute atomic E-state index is 15.5. The van der Waals surface area contributed by atoms with E-state index in [1.165, 1.54) is 11.1 Å². The van der Waals surface area contributed by atoms with Crippen LogP contribution in [0.4, 0.5) is 23.7 Å². The molecule has 4 aromatic rings. The average Bonchev–Trinajstić information content (AvgIpc) is 3.10. The number of anilines is 1. The first-order chi connectivity index (χ1) is 23.9. The predicted octanol–water partition coefficient (Wildman–Crippen LogP) is 6.86. The van der Waals surface area contributed by atoms with Gasteiger partial charge in [-0.05, 0) is 90.6 Å². The van der Waals surface area contributed by atoms with Crippen molar-refractivity contribution in [2.45, 2.75) is 57.3 Å². The highest BCUT2D eigenvalue weighted by atomic mass is 19.1. The minimum atomic E-state index is -1.25. The number of carbonyl (C=O) groups is 2. The van der Waals surface area contributed by atoms with Crippen LogP contribution in [0, 0.1) is 23.4 Å². The highest BCUT2D eigenvalue weighted by molar-refractivity contribution is 6.03. The average molecular weight is 687 g/mol. The van der Waals surface area contributed by atoms with Crippen molar-refractivity contribution < 1.29 is 37.7 Å². The first-order valence-corrected chi connectivity index (χ1v) is 16.4. The Labute approximate surface area is 287 Å². The summed E-state index contributed by atoms with van der Waals surface area (Å²) in [6.07, 6.45) is 4.31. The van der Waals surface area contributed by atoms with E-state index in [1.54, 1.807) is 25.3 Å². The standard InChI is InChI=1S/C38H37F3N4O5/c1-22-16-26(19-33(46)38(22,2)49)27-10-13-42-20-32(27)44-36(47)31-9-8-28(39)35(43-31)34-29(40)17-25(18-30(34)41)24-11-14-45(15-12-24)37(48)50-21-23-6-4-3-5-7-23/h3-11,13,17-18,20,22,26,33,46,49H,12,14-16,19,21H2,1-2H3,(H,44,47)/t22-,26+,33+,38+/m0/s1. The molecule has 0 saturated heterocycles. The van der Waals surface area contributed by atoms with Crippen LogP contribution in [-0.4, -0.2) is 61.9 Å². The number of amides is 2. The monoisotopic (exact) mass is 686 g/mol. The quantitative estimate of drug-likeness (QED) is 0.194. The van der Waals surface area contributed by atoms with Gasteiger partial charge >= 0.3 is 6.09 Å². The predicted molar refractivity (Wildman–Crippen MR) is 180 cm³/mol. The van der Waals surface area contributed by atoms with Crippen LogP contribution in [-0.2, 0) is 11.3 Å². The third kappa shape index (κ3) is 7.26. The number of aliphatic hydroxyl groups excluding tert-OH is 1. The molecule has 1 saturated carbocycles. The smallest absolute Gasteiger partial charge is 0.410 e. The van der Waals surface area contributed by atoms with Crippen LogP contribution in [0.3, 0.4) is 0 Å². The van der Waals surface area contributed by atoms with E-state index in [4.69, 9.17) is 4.74 Å². The number of aromatic nitrogens is 2. The van der Waals surface area contributed by atoms with Gasteiger partial charge in [-0.15, -0.1) is 0 Å². The van der Waals surface area contributed by atoms with Crippen LogP contribution in [0.2, 0.25) is 0 Å². The van der Waals surface area contributed by atoms with E-state index < -0.39 is 52.4 Å². The van der Waals surface area contributed by atoms with Crippen molar-refractivity contribution in [2.75, 3.05) is 18.4 Å². The summed E-state index contributed by atoms with van der Waals surface area (Å²) in [7, 11) is 0. The molecular weight excluding hydrogens is 649 g/mol. The molecule has 12 heteroatoms. The Morgan fingerprint density at radius 1 is 1.04 bits per heavy atom. The van der Waals surface area contributed by atoms with E-state index in [9.17, 15) is 19.8 Å². The lowest BCUT2D eigenvalue weighted by Gasteiger charge is -2.43. The number of benzene rings is 2. The molecule has 0 unspecified atom stereocenters. The summed E-state index contributed by atoms with van der Waals surface area (Å²) in [5.41, 5.74) is -0.199. The van der Waals surface area contributed by atoms with Crippen molar-refractivity contribution in [2.24, 2.45) is 5.92 Å². The van der Waals surface area contributed by atoms with Gasteiger partial charge in [0.1, 0.15) is 35.4 Å². The third-order valence-electron chi connectivity index (χ3n) is 9.76. The molecule has 2 aromatic carbocycles. The Bertz CT molecular complexity index is 1900. The van der Waals surface area contributed by atoms with Crippen molar-refractivity contribution in [3.8, 4) is 11.3 Å². The first kappa shape index (κ1) is 34.8. The van der Waals surface area contributed by atoms with Crippen LogP contribution in [0.15, 0.2) is 79.1 Å². The maximum atomic E-state index is 15.5. The minimum absolute atomic E-state index is 0.123. The second-order valence-corrected chi connectivity index (χ2v) is 13.0. The summed E-state index contributed by atoms with van der Waals surface area (Å²) in [5.74, 6) is -4.34. The van der Waals surface area contributed by atoms with E-state index in [0.717, 1.165) is 29.8 Å². The molecule has 1 fully saturated rings. The van der Waals surface area contributed by atoms with Crippen molar-refractivity contribution >= 4 is 23.3 Å². The highest BCUT2D eigenvalue weighted by Gasteiger charge is 2.43. The SMILES string of the molecule is C[C@H]1C[C@@H](c2ccncc2NC(=O)c2ccc(F)c(-c3c(F)cc(C4=CCN(C(=O)OCc5ccccc5)CC4)cc3F)n2)C[C@@H](O)[C@]1(C)O. The van der Waals surface area contributed by atoms with Crippen LogP contribution in [0.5, 0.6) is 0 Å². The number of rotatable bonds is 7. The van der Waals surface area contributed by atoms with Crippen LogP contribution < -0.4 is 5.32 Å². The fourth-order valence-electron chi connectivity index (χ4n) is 6.54. The van der Waals surface area contributed by atoms with Crippen molar-refractivity contribution in [3.63, 3.8) is 0 Å². The summed E-state index contributed by atoms with van der Waals surface area (Å²) < 4.78 is 51.5. The molecule has 3 N–H and O–H groups in total. The molecule has 1 aliphatic carbocycles. The van der Waals surface area contributed by atoms with Gasteiger partial charge in [0.2, 0.25) is 0 Å². The number of halogens is 3. The molecule has 0 radical (unpaired) electrons. The fourth-order valence-corrected chi connectivity index (χ4v) is 6.54. The Morgan fingerprint density at radius 3 is 2.46 bits per heavy atom. The fraction of sp³-hybridized carbons (Fsp3) is 0.316. The summed E-state index contributed by atoms with van der Waals surface area (Å²) in [5, 5.41) is 23.9. The second-order valence-electron chi connectivity index (χ2n) is 13.0. The first-order valence-electron chi connectivity index (χ1n) is 16.4. The number of aliphatic hydroxyl groups is 2. The molecule has 4 atom stereocenters. The minimum Gasteiger partial charge on any atom is -0.445 e. The lowest BCUT2D eigenvalue weighted by atomic mass is 9.69. The molecule has 0 bridgehead atoms. The number of carbonyl (C=O) groups excluding carboxylic acids is 2. The number of nitrogens with zero attached hydrogens (tertiary/aromatic N) is 3. The molecule has 2 amide bonds. The topological polar surface area (TPSA) is 125 Å². The molecular formula is C38H37F3N4O5. The number of hydrogen-bond donors (Lipinski definition) is 3. The van der Waals surface area contributed by atoms with Gasteiger partial charge in [0.05, 0.1) is 29.2 Å². The highest BCUT2D eigenvalue weighted by Crippen LogP contribution is 2.43. The Balaban J connectivity index is 1.17. The third-order valence-corrected chi connectivity index (χ3v) is 9.76. The van der Waals surface area contributed by atoms with E-state index in [2.05, 4.69) is 15.3 Å². The number of pyridine rings is 2. The van der Waals surface area contributed by atoms with E-state index in [0.29, 0.717) is 29.7 Å². The number of ether oxygens (including phenoxy) is 1. The molecule has 0 spiro atoms. The number of hydrogen-bond acceptors (Lipinski definition) is 7. The van der Waals surface area contributed by atoms with Crippen molar-refractivity contribution in [1.82, 2.24) is 14.9 Å². The molecule has 260 valence electrons. The summed E-state index contributed by atoms with van der Waals surface area (Å²) in [6.45, 7) is 4.02. The maximum Gasteiger partial charge on any atom is 0.410 e. The molecule has 1 aliphatic heterocycles. The molecule has 9 nitrogen and oxygen atoms in total. The molecule has 6 rings (SSSR count). The lowest BCUT2D eigenvalue weighted by molar-refractivity contribution is -0.123. The van der Waals surface area contributed by atoms with Gasteiger partial charge in [-0.3, -0.25) is 9.78 Å². The van der Waals surface area contributed by atoms with Gasteiger partial charge in [-0.25, -0.2) is 22.9 Å². The van der Waals surface area contributed by atoms with Crippen LogP contribution >= 0.6 is 0 Å². The summed E-state index contributed by atoms with van der Waals surface area (Å²) >= 11 is 0. The largest absolute Gasteiger partial charge is 0.445 e. The van der Waals surface area contributed by atoms with Gasteiger partial charge in [0.15, 0.2) is 0 Å². The normalized spacial score (nSPS) is 22.1. The van der Waals surface area contributed by atoms with Crippen LogP contribution in [0.1, 0.15) is 66.2 Å². The summed E-state index contributed by atoms with van der Waals surface area (Å²) in [6, 6.07) is 15.2. The van der Waals surface area contributed by atoms with Gasteiger partial charge in [0, 0.05) is 19.3 Å². The van der Waals surface area contributed by atoms with Crippen molar-refractivity contribution in [1.29, 1.82) is 0 Å². The van der Waals surface area contributed by atoms with Crippen molar-refractivity contribution in [3.05, 3.63) is 119 Å². The van der Waals surface area contributed by atoms with E-state index in [-0.39, 0.29) is 49.2 Å². The Hall–Kier alpha value is -5.07. The molecule has 2 aromatic heterocycles. The van der Waals surface area contributed by atoms with Gasteiger partial charge in [-0.1, -0.05) is 43.3 Å². The van der Waals surface area contributed by atoms with E-state index in [1.807, 2.05) is 37.3 Å². The second kappa shape index (κ2) is 14.4. The Morgan fingerprint density at radius 2 is 1.78 bits per heavy atom. The van der Waals surface area contributed by atoms with Gasteiger partial charge in [-0.2, -0.15) is 0 Å². The van der Waals surface area contributed by atoms with Crippen LogP contribution in [0.25, 0.3) is 16.8 Å².